The van der Waals surface area contributed by atoms with Gasteiger partial charge in [0.05, 0.1) is 4.92 Å². The van der Waals surface area contributed by atoms with Crippen molar-refractivity contribution in [1.29, 1.82) is 0 Å². The second-order valence-corrected chi connectivity index (χ2v) is 4.98. The molecule has 2 rings (SSSR count). The Morgan fingerprint density at radius 3 is 2.50 bits per heavy atom. The molecule has 0 radical (unpaired) electrons. The number of hydrogen-bond acceptors (Lipinski definition) is 4. The van der Waals surface area contributed by atoms with Gasteiger partial charge in [-0.25, -0.2) is 0 Å². The number of piperazine rings is 1. The molecule has 7 heteroatoms. The van der Waals surface area contributed by atoms with E-state index in [1.54, 1.807) is 17.0 Å². The summed E-state index contributed by atoms with van der Waals surface area (Å²) in [5, 5.41) is 11.0. The Labute approximate surface area is 122 Å². The van der Waals surface area contributed by atoms with Crippen molar-refractivity contribution in [1.82, 2.24) is 9.80 Å². The Morgan fingerprint density at radius 2 is 1.90 bits per heavy atom. The van der Waals surface area contributed by atoms with E-state index in [9.17, 15) is 14.9 Å². The second kappa shape index (κ2) is 6.67. The predicted octanol–water partition coefficient (Wildman–Crippen LogP) is 1.59. The molecule has 0 spiro atoms. The van der Waals surface area contributed by atoms with Gasteiger partial charge in [0, 0.05) is 44.7 Å². The molecule has 108 valence electrons. The van der Waals surface area contributed by atoms with Gasteiger partial charge in [0.1, 0.15) is 5.56 Å². The van der Waals surface area contributed by atoms with Crippen molar-refractivity contribution in [2.24, 2.45) is 0 Å². The standard InChI is InChI=1S/C13H16ClN3O3/c14-5-6-15-7-9-16(10-8-15)13(18)11-3-1-2-4-12(11)17(19)20/h1-4H,5-10H2. The number of carbonyl (C=O) groups is 1. The van der Waals surface area contributed by atoms with E-state index in [0.29, 0.717) is 19.0 Å². The summed E-state index contributed by atoms with van der Waals surface area (Å²) in [5.74, 6) is 0.292. The summed E-state index contributed by atoms with van der Waals surface area (Å²) >= 11 is 5.69. The molecule has 0 aliphatic carbocycles. The SMILES string of the molecule is O=C(c1ccccc1[N+](=O)[O-])N1CCN(CCCl)CC1. The van der Waals surface area contributed by atoms with Gasteiger partial charge in [0.25, 0.3) is 11.6 Å². The van der Waals surface area contributed by atoms with E-state index in [1.165, 1.54) is 12.1 Å². The maximum absolute atomic E-state index is 12.4. The molecule has 1 fully saturated rings. The molecule has 6 nitrogen and oxygen atoms in total. The average molecular weight is 298 g/mol. The first-order valence-corrected chi connectivity index (χ1v) is 6.98. The molecule has 1 aromatic carbocycles. The van der Waals surface area contributed by atoms with E-state index in [2.05, 4.69) is 4.90 Å². The van der Waals surface area contributed by atoms with Gasteiger partial charge in [0.15, 0.2) is 0 Å². The molecular formula is C13H16ClN3O3. The minimum Gasteiger partial charge on any atom is -0.336 e. The zero-order chi connectivity index (χ0) is 14.5. The van der Waals surface area contributed by atoms with Crippen LogP contribution in [0.3, 0.4) is 0 Å². The molecule has 0 bridgehead atoms. The summed E-state index contributed by atoms with van der Waals surface area (Å²) in [7, 11) is 0. The number of amides is 1. The molecule has 1 aromatic rings. The van der Waals surface area contributed by atoms with Crippen LogP contribution in [0.2, 0.25) is 0 Å². The molecule has 0 N–H and O–H groups in total. The molecule has 1 heterocycles. The van der Waals surface area contributed by atoms with E-state index in [4.69, 9.17) is 11.6 Å². The molecule has 0 saturated carbocycles. The first kappa shape index (κ1) is 14.7. The molecule has 1 aliphatic rings. The van der Waals surface area contributed by atoms with Gasteiger partial charge in [-0.2, -0.15) is 0 Å². The third-order valence-corrected chi connectivity index (χ3v) is 3.56. The normalized spacial score (nSPS) is 16.1. The van der Waals surface area contributed by atoms with Gasteiger partial charge in [-0.05, 0) is 6.07 Å². The Kier molecular flexibility index (Phi) is 4.92. The Balaban J connectivity index is 2.08. The summed E-state index contributed by atoms with van der Waals surface area (Å²) in [6.45, 7) is 3.44. The number of para-hydroxylation sites is 1. The summed E-state index contributed by atoms with van der Waals surface area (Å²) in [6.07, 6.45) is 0. The van der Waals surface area contributed by atoms with E-state index in [-0.39, 0.29) is 17.2 Å². The van der Waals surface area contributed by atoms with Crippen LogP contribution in [0, 0.1) is 10.1 Å². The molecule has 1 aliphatic heterocycles. The monoisotopic (exact) mass is 297 g/mol. The van der Waals surface area contributed by atoms with E-state index < -0.39 is 4.92 Å². The number of nitro groups is 1. The number of nitro benzene ring substituents is 1. The summed E-state index contributed by atoms with van der Waals surface area (Å²) in [6, 6.07) is 6.07. The lowest BCUT2D eigenvalue weighted by Crippen LogP contribution is -2.49. The van der Waals surface area contributed by atoms with Crippen LogP contribution < -0.4 is 0 Å². The van der Waals surface area contributed by atoms with E-state index in [1.807, 2.05) is 0 Å². The van der Waals surface area contributed by atoms with Crippen LogP contribution >= 0.6 is 11.6 Å². The minimum atomic E-state index is -0.517. The first-order valence-electron chi connectivity index (χ1n) is 6.44. The van der Waals surface area contributed by atoms with Gasteiger partial charge in [-0.1, -0.05) is 12.1 Å². The zero-order valence-corrected chi connectivity index (χ0v) is 11.8. The van der Waals surface area contributed by atoms with Crippen LogP contribution in [-0.2, 0) is 0 Å². The van der Waals surface area contributed by atoms with Gasteiger partial charge >= 0.3 is 0 Å². The minimum absolute atomic E-state index is 0.138. The Bertz CT molecular complexity index is 501. The molecule has 20 heavy (non-hydrogen) atoms. The largest absolute Gasteiger partial charge is 0.336 e. The van der Waals surface area contributed by atoms with Crippen molar-refractivity contribution in [3.05, 3.63) is 39.9 Å². The van der Waals surface area contributed by atoms with Gasteiger partial charge in [-0.3, -0.25) is 19.8 Å². The van der Waals surface area contributed by atoms with E-state index >= 15 is 0 Å². The van der Waals surface area contributed by atoms with Crippen molar-refractivity contribution in [3.63, 3.8) is 0 Å². The summed E-state index contributed by atoms with van der Waals surface area (Å²) in [5.41, 5.74) is 0.0176. The predicted molar refractivity (Wildman–Crippen MR) is 76.2 cm³/mol. The summed E-state index contributed by atoms with van der Waals surface area (Å²) < 4.78 is 0. The molecule has 0 aromatic heterocycles. The van der Waals surface area contributed by atoms with Gasteiger partial charge < -0.3 is 4.90 Å². The second-order valence-electron chi connectivity index (χ2n) is 4.60. The summed E-state index contributed by atoms with van der Waals surface area (Å²) in [4.78, 5) is 26.6. The number of benzene rings is 1. The van der Waals surface area contributed by atoms with Gasteiger partial charge in [0.2, 0.25) is 0 Å². The third-order valence-electron chi connectivity index (χ3n) is 3.39. The third kappa shape index (κ3) is 3.26. The van der Waals surface area contributed by atoms with Gasteiger partial charge in [-0.15, -0.1) is 11.6 Å². The lowest BCUT2D eigenvalue weighted by atomic mass is 10.1. The van der Waals surface area contributed by atoms with Crippen LogP contribution in [0.5, 0.6) is 0 Å². The number of nitrogens with zero attached hydrogens (tertiary/aromatic N) is 3. The smallest absolute Gasteiger partial charge is 0.282 e. The van der Waals surface area contributed by atoms with Crippen LogP contribution in [-0.4, -0.2) is 59.2 Å². The molecule has 1 saturated heterocycles. The highest BCUT2D eigenvalue weighted by atomic mass is 35.5. The molecular weight excluding hydrogens is 282 g/mol. The first-order chi connectivity index (χ1) is 9.63. The lowest BCUT2D eigenvalue weighted by Gasteiger charge is -2.34. The molecule has 0 atom stereocenters. The van der Waals surface area contributed by atoms with E-state index in [0.717, 1.165) is 19.6 Å². The van der Waals surface area contributed by atoms with Crippen molar-refractivity contribution < 1.29 is 9.72 Å². The van der Waals surface area contributed by atoms with Crippen molar-refractivity contribution in [2.45, 2.75) is 0 Å². The number of alkyl halides is 1. The fourth-order valence-electron chi connectivity index (χ4n) is 2.28. The van der Waals surface area contributed by atoms with Crippen LogP contribution in [0.1, 0.15) is 10.4 Å². The highest BCUT2D eigenvalue weighted by Gasteiger charge is 2.26. The quantitative estimate of drug-likeness (QED) is 0.481. The Morgan fingerprint density at radius 1 is 1.25 bits per heavy atom. The van der Waals surface area contributed by atoms with Crippen LogP contribution in [0.4, 0.5) is 5.69 Å². The van der Waals surface area contributed by atoms with Crippen molar-refractivity contribution in [2.75, 3.05) is 38.6 Å². The highest BCUT2D eigenvalue weighted by molar-refractivity contribution is 6.18. The average Bonchev–Trinajstić information content (AvgIpc) is 2.47. The molecule has 0 unspecified atom stereocenters. The molecule has 1 amide bonds. The fraction of sp³-hybridized carbons (Fsp3) is 0.462. The fourth-order valence-corrected chi connectivity index (χ4v) is 2.52. The lowest BCUT2D eigenvalue weighted by molar-refractivity contribution is -0.385. The van der Waals surface area contributed by atoms with Crippen LogP contribution in [0.25, 0.3) is 0 Å². The highest BCUT2D eigenvalue weighted by Crippen LogP contribution is 2.20. The number of carbonyl (C=O) groups excluding carboxylic acids is 1. The Hall–Kier alpha value is -1.66. The maximum Gasteiger partial charge on any atom is 0.282 e. The topological polar surface area (TPSA) is 66.7 Å². The maximum atomic E-state index is 12.4. The number of hydrogen-bond donors (Lipinski definition) is 0. The van der Waals surface area contributed by atoms with Crippen molar-refractivity contribution in [3.8, 4) is 0 Å². The number of halogens is 1. The van der Waals surface area contributed by atoms with Crippen LogP contribution in [0.15, 0.2) is 24.3 Å². The van der Waals surface area contributed by atoms with Crippen molar-refractivity contribution >= 4 is 23.2 Å². The zero-order valence-electron chi connectivity index (χ0n) is 11.0. The number of rotatable bonds is 4.